The summed E-state index contributed by atoms with van der Waals surface area (Å²) in [5.74, 6) is 0.563. The Labute approximate surface area is 111 Å². The van der Waals surface area contributed by atoms with Gasteiger partial charge in [-0.2, -0.15) is 0 Å². The first kappa shape index (κ1) is 12.2. The van der Waals surface area contributed by atoms with Crippen molar-refractivity contribution >= 4 is 33.2 Å². The maximum Gasteiger partial charge on any atom is 0.151 e. The molecule has 0 aliphatic rings. The molecule has 0 saturated carbocycles. The smallest absolute Gasteiger partial charge is 0.151 e. The zero-order chi connectivity index (χ0) is 12.4. The van der Waals surface area contributed by atoms with Crippen LogP contribution >= 0.6 is 27.5 Å². The highest BCUT2D eigenvalue weighted by atomic mass is 79.9. The van der Waals surface area contributed by atoms with Gasteiger partial charge in [-0.1, -0.05) is 17.7 Å². The van der Waals surface area contributed by atoms with Gasteiger partial charge in [0, 0.05) is 0 Å². The van der Waals surface area contributed by atoms with Gasteiger partial charge in [-0.25, -0.2) is 4.39 Å². The molecule has 0 aromatic heterocycles. The minimum atomic E-state index is -0.344. The SMILES string of the molecule is Nc1c(Cl)cccc1Oc1ccc(F)cc1Br. The lowest BCUT2D eigenvalue weighted by Gasteiger charge is -2.10. The van der Waals surface area contributed by atoms with Gasteiger partial charge in [-0.3, -0.25) is 0 Å². The number of nitrogen functional groups attached to an aromatic ring is 1. The Morgan fingerprint density at radius 3 is 2.65 bits per heavy atom. The molecular weight excluding hydrogens is 308 g/mol. The fraction of sp³-hybridized carbons (Fsp3) is 0. The van der Waals surface area contributed by atoms with Crippen molar-refractivity contribution in [3.05, 3.63) is 51.7 Å². The first-order valence-corrected chi connectivity index (χ1v) is 5.92. The molecule has 2 aromatic rings. The van der Waals surface area contributed by atoms with Crippen molar-refractivity contribution in [2.75, 3.05) is 5.73 Å². The molecule has 2 aromatic carbocycles. The van der Waals surface area contributed by atoms with Crippen LogP contribution in [0.25, 0.3) is 0 Å². The van der Waals surface area contributed by atoms with E-state index in [9.17, 15) is 4.39 Å². The van der Waals surface area contributed by atoms with Gasteiger partial charge in [-0.05, 0) is 46.3 Å². The van der Waals surface area contributed by atoms with Gasteiger partial charge in [0.05, 0.1) is 15.2 Å². The van der Waals surface area contributed by atoms with Crippen LogP contribution in [-0.4, -0.2) is 0 Å². The molecule has 0 atom stereocenters. The van der Waals surface area contributed by atoms with E-state index in [4.69, 9.17) is 22.1 Å². The van der Waals surface area contributed by atoms with Gasteiger partial charge in [-0.15, -0.1) is 0 Å². The monoisotopic (exact) mass is 315 g/mol. The second-order valence-electron chi connectivity index (χ2n) is 3.33. The Morgan fingerprint density at radius 1 is 1.18 bits per heavy atom. The van der Waals surface area contributed by atoms with Gasteiger partial charge in [0.25, 0.3) is 0 Å². The molecule has 0 aliphatic heterocycles. The van der Waals surface area contributed by atoms with Crippen molar-refractivity contribution in [3.8, 4) is 11.5 Å². The van der Waals surface area contributed by atoms with Crippen LogP contribution < -0.4 is 10.5 Å². The third-order valence-corrected chi connectivity index (χ3v) is 3.08. The van der Waals surface area contributed by atoms with Crippen molar-refractivity contribution in [1.29, 1.82) is 0 Å². The van der Waals surface area contributed by atoms with Crippen LogP contribution in [0.5, 0.6) is 11.5 Å². The molecule has 0 spiro atoms. The molecule has 88 valence electrons. The Kier molecular flexibility index (Phi) is 3.54. The van der Waals surface area contributed by atoms with Crippen molar-refractivity contribution in [2.24, 2.45) is 0 Å². The van der Waals surface area contributed by atoms with Crippen LogP contribution in [0.15, 0.2) is 40.9 Å². The van der Waals surface area contributed by atoms with Crippen LogP contribution in [-0.2, 0) is 0 Å². The lowest BCUT2D eigenvalue weighted by Crippen LogP contribution is -1.93. The number of para-hydroxylation sites is 1. The summed E-state index contributed by atoms with van der Waals surface area (Å²) in [6.07, 6.45) is 0. The van der Waals surface area contributed by atoms with Crippen LogP contribution in [0.1, 0.15) is 0 Å². The van der Waals surface area contributed by atoms with Crippen molar-refractivity contribution in [1.82, 2.24) is 0 Å². The molecule has 0 amide bonds. The molecule has 2 N–H and O–H groups in total. The van der Waals surface area contributed by atoms with E-state index >= 15 is 0 Å². The summed E-state index contributed by atoms with van der Waals surface area (Å²) in [5, 5.41) is 0.417. The molecule has 0 saturated heterocycles. The minimum absolute atomic E-state index is 0.344. The molecule has 0 heterocycles. The summed E-state index contributed by atoms with van der Waals surface area (Å²) in [4.78, 5) is 0. The van der Waals surface area contributed by atoms with Gasteiger partial charge < -0.3 is 10.5 Å². The number of halogens is 3. The zero-order valence-corrected chi connectivity index (χ0v) is 10.9. The first-order valence-electron chi connectivity index (χ1n) is 4.75. The molecule has 5 heteroatoms. The van der Waals surface area contributed by atoms with Crippen LogP contribution in [0.2, 0.25) is 5.02 Å². The third kappa shape index (κ3) is 2.70. The molecule has 2 rings (SSSR count). The molecule has 0 aliphatic carbocycles. The Balaban J connectivity index is 2.35. The predicted octanol–water partition coefficient (Wildman–Crippen LogP) is 4.62. The van der Waals surface area contributed by atoms with Crippen LogP contribution in [0, 0.1) is 5.82 Å². The number of ether oxygens (including phenoxy) is 1. The van der Waals surface area contributed by atoms with Gasteiger partial charge in [0.15, 0.2) is 5.75 Å². The fourth-order valence-corrected chi connectivity index (χ4v) is 1.88. The lowest BCUT2D eigenvalue weighted by atomic mass is 10.3. The number of benzene rings is 2. The number of nitrogens with two attached hydrogens (primary N) is 1. The van der Waals surface area contributed by atoms with Crippen LogP contribution in [0.4, 0.5) is 10.1 Å². The average Bonchev–Trinajstić information content (AvgIpc) is 2.28. The lowest BCUT2D eigenvalue weighted by molar-refractivity contribution is 0.479. The van der Waals surface area contributed by atoms with Gasteiger partial charge in [0.1, 0.15) is 11.6 Å². The summed E-state index contributed by atoms with van der Waals surface area (Å²) >= 11 is 9.08. The second-order valence-corrected chi connectivity index (χ2v) is 4.59. The predicted molar refractivity (Wildman–Crippen MR) is 70.0 cm³/mol. The largest absolute Gasteiger partial charge is 0.454 e. The van der Waals surface area contributed by atoms with E-state index in [1.165, 1.54) is 18.2 Å². The summed E-state index contributed by atoms with van der Waals surface area (Å²) < 4.78 is 19.0. The molecule has 2 nitrogen and oxygen atoms in total. The highest BCUT2D eigenvalue weighted by Gasteiger charge is 2.08. The number of hydrogen-bond acceptors (Lipinski definition) is 2. The normalized spacial score (nSPS) is 10.3. The van der Waals surface area contributed by atoms with Crippen LogP contribution in [0.3, 0.4) is 0 Å². The Morgan fingerprint density at radius 2 is 1.94 bits per heavy atom. The van der Waals surface area contributed by atoms with E-state index in [2.05, 4.69) is 15.9 Å². The highest BCUT2D eigenvalue weighted by Crippen LogP contribution is 2.35. The van der Waals surface area contributed by atoms with Crippen molar-refractivity contribution in [2.45, 2.75) is 0 Å². The number of rotatable bonds is 2. The van der Waals surface area contributed by atoms with E-state index in [0.29, 0.717) is 26.7 Å². The summed E-state index contributed by atoms with van der Waals surface area (Å²) in [5.41, 5.74) is 6.12. The highest BCUT2D eigenvalue weighted by molar-refractivity contribution is 9.10. The average molecular weight is 317 g/mol. The standard InChI is InChI=1S/C12H8BrClFNO/c13-8-6-7(15)4-5-10(8)17-11-3-1-2-9(14)12(11)16/h1-6H,16H2. The maximum absolute atomic E-state index is 12.9. The molecule has 0 fully saturated rings. The van der Waals surface area contributed by atoms with E-state index in [0.717, 1.165) is 0 Å². The van der Waals surface area contributed by atoms with E-state index < -0.39 is 0 Å². The minimum Gasteiger partial charge on any atom is -0.454 e. The molecule has 0 bridgehead atoms. The Bertz CT molecular complexity index is 562. The molecule has 0 unspecified atom stereocenters. The third-order valence-electron chi connectivity index (χ3n) is 2.13. The van der Waals surface area contributed by atoms with E-state index in [1.807, 2.05) is 0 Å². The van der Waals surface area contributed by atoms with Crippen molar-refractivity contribution < 1.29 is 9.13 Å². The van der Waals surface area contributed by atoms with Gasteiger partial charge >= 0.3 is 0 Å². The maximum atomic E-state index is 12.9. The van der Waals surface area contributed by atoms with E-state index in [-0.39, 0.29) is 5.82 Å². The fourth-order valence-electron chi connectivity index (χ4n) is 1.28. The molecule has 17 heavy (non-hydrogen) atoms. The Hall–Kier alpha value is -1.26. The summed E-state index contributed by atoms with van der Waals surface area (Å²) in [7, 11) is 0. The number of hydrogen-bond donors (Lipinski definition) is 1. The van der Waals surface area contributed by atoms with E-state index in [1.54, 1.807) is 18.2 Å². The van der Waals surface area contributed by atoms with Crippen molar-refractivity contribution in [3.63, 3.8) is 0 Å². The number of anilines is 1. The second kappa shape index (κ2) is 4.94. The summed E-state index contributed by atoms with van der Waals surface area (Å²) in [6, 6.07) is 9.22. The topological polar surface area (TPSA) is 35.2 Å². The molecular formula is C12H8BrClFNO. The zero-order valence-electron chi connectivity index (χ0n) is 8.58. The first-order chi connectivity index (χ1) is 8.08. The molecule has 0 radical (unpaired) electrons. The quantitative estimate of drug-likeness (QED) is 0.821. The van der Waals surface area contributed by atoms with Gasteiger partial charge in [0.2, 0.25) is 0 Å². The summed E-state index contributed by atoms with van der Waals surface area (Å²) in [6.45, 7) is 0.